The molecule has 1 aromatic heterocycles. The van der Waals surface area contributed by atoms with E-state index in [1.165, 1.54) is 11.1 Å². The van der Waals surface area contributed by atoms with E-state index in [-0.39, 0.29) is 41.0 Å². The van der Waals surface area contributed by atoms with E-state index in [9.17, 15) is 9.59 Å². The predicted octanol–water partition coefficient (Wildman–Crippen LogP) is 2.94. The summed E-state index contributed by atoms with van der Waals surface area (Å²) >= 11 is 0. The number of benzene rings is 1. The van der Waals surface area contributed by atoms with Gasteiger partial charge in [0.2, 0.25) is 0 Å². The molecule has 2 N–H and O–H groups in total. The first-order chi connectivity index (χ1) is 15.1. The summed E-state index contributed by atoms with van der Waals surface area (Å²) in [7, 11) is 0. The van der Waals surface area contributed by atoms with Crippen molar-refractivity contribution in [1.82, 2.24) is 15.2 Å². The molecule has 1 amide bonds. The molecular formula is C25H32ClN3O3. The largest absolute Gasteiger partial charge is 0.376 e. The zero-order valence-corrected chi connectivity index (χ0v) is 19.4. The van der Waals surface area contributed by atoms with Gasteiger partial charge in [0, 0.05) is 12.7 Å². The normalized spacial score (nSPS) is 21.2. The van der Waals surface area contributed by atoms with Crippen LogP contribution in [-0.2, 0) is 17.6 Å². The maximum atomic E-state index is 13.3. The molecule has 0 bridgehead atoms. The average Bonchev–Trinajstić information content (AvgIpc) is 3.40. The van der Waals surface area contributed by atoms with Gasteiger partial charge in [-0.1, -0.05) is 12.1 Å². The van der Waals surface area contributed by atoms with Gasteiger partial charge < -0.3 is 15.4 Å². The van der Waals surface area contributed by atoms with Gasteiger partial charge in [-0.25, -0.2) is 0 Å². The number of piperidine rings is 1. The summed E-state index contributed by atoms with van der Waals surface area (Å²) in [5.74, 6) is -0.306. The monoisotopic (exact) mass is 457 g/mol. The first kappa shape index (κ1) is 23.0. The van der Waals surface area contributed by atoms with E-state index in [1.807, 2.05) is 25.1 Å². The third-order valence-electron chi connectivity index (χ3n) is 7.35. The predicted molar refractivity (Wildman–Crippen MR) is 127 cm³/mol. The van der Waals surface area contributed by atoms with Crippen LogP contribution in [0.15, 0.2) is 35.3 Å². The molecule has 2 aromatic rings. The number of hydrogen-bond donors (Lipinski definition) is 2. The van der Waals surface area contributed by atoms with Gasteiger partial charge in [0.1, 0.15) is 5.56 Å². The molecule has 2 fully saturated rings. The van der Waals surface area contributed by atoms with Crippen molar-refractivity contribution in [3.8, 4) is 5.69 Å². The van der Waals surface area contributed by atoms with Gasteiger partial charge in [0.05, 0.1) is 18.4 Å². The highest BCUT2D eigenvalue weighted by Crippen LogP contribution is 2.40. The van der Waals surface area contributed by atoms with Crippen molar-refractivity contribution in [2.45, 2.75) is 51.6 Å². The van der Waals surface area contributed by atoms with Gasteiger partial charge in [-0.2, -0.15) is 0 Å². The van der Waals surface area contributed by atoms with Gasteiger partial charge in [-0.05, 0) is 92.8 Å². The fraction of sp³-hybridized carbons (Fsp3) is 0.520. The lowest BCUT2D eigenvalue weighted by atomic mass is 9.77. The van der Waals surface area contributed by atoms with Crippen molar-refractivity contribution >= 4 is 18.3 Å². The highest BCUT2D eigenvalue weighted by Gasteiger charge is 2.40. The number of aromatic nitrogens is 1. The van der Waals surface area contributed by atoms with Crippen molar-refractivity contribution in [3.05, 3.63) is 63.1 Å². The van der Waals surface area contributed by atoms with Gasteiger partial charge >= 0.3 is 0 Å². The Hall–Kier alpha value is -2.15. The molecule has 172 valence electrons. The molecule has 7 heteroatoms. The molecule has 1 aromatic carbocycles. The van der Waals surface area contributed by atoms with Gasteiger partial charge in [-0.3, -0.25) is 14.2 Å². The Morgan fingerprint density at radius 3 is 2.88 bits per heavy atom. The summed E-state index contributed by atoms with van der Waals surface area (Å²) in [6, 6.07) is 7.98. The molecule has 6 nitrogen and oxygen atoms in total. The van der Waals surface area contributed by atoms with Gasteiger partial charge in [0.25, 0.3) is 11.5 Å². The van der Waals surface area contributed by atoms with E-state index in [4.69, 9.17) is 4.74 Å². The average molecular weight is 458 g/mol. The number of carbonyl (C=O) groups is 1. The first-order valence-electron chi connectivity index (χ1n) is 11.5. The summed E-state index contributed by atoms with van der Waals surface area (Å²) in [6.07, 6.45) is 8.18. The Labute approximate surface area is 195 Å². The van der Waals surface area contributed by atoms with Crippen molar-refractivity contribution in [1.29, 1.82) is 0 Å². The Balaban J connectivity index is 0.00000245. The molecule has 3 aliphatic rings. The van der Waals surface area contributed by atoms with E-state index < -0.39 is 0 Å². The number of carbonyl (C=O) groups excluding carboxylic acids is 1. The van der Waals surface area contributed by atoms with Crippen LogP contribution in [0.4, 0.5) is 0 Å². The number of pyridine rings is 1. The maximum Gasteiger partial charge on any atom is 0.268 e. The minimum Gasteiger partial charge on any atom is -0.376 e. The number of halogens is 1. The smallest absolute Gasteiger partial charge is 0.268 e. The van der Waals surface area contributed by atoms with E-state index in [0.29, 0.717) is 12.1 Å². The van der Waals surface area contributed by atoms with E-state index in [2.05, 4.69) is 16.7 Å². The number of hydrogen-bond acceptors (Lipinski definition) is 4. The quantitative estimate of drug-likeness (QED) is 0.740. The topological polar surface area (TPSA) is 72.4 Å². The van der Waals surface area contributed by atoms with Crippen LogP contribution in [0.3, 0.4) is 0 Å². The van der Waals surface area contributed by atoms with Gasteiger partial charge in [-0.15, -0.1) is 12.4 Å². The number of rotatable bonds is 4. The van der Waals surface area contributed by atoms with E-state index in [0.717, 1.165) is 63.9 Å². The third kappa shape index (κ3) is 4.24. The number of aryl methyl sites for hydroxylation is 2. The molecule has 3 heterocycles. The third-order valence-corrected chi connectivity index (χ3v) is 7.35. The molecule has 1 unspecified atom stereocenters. The summed E-state index contributed by atoms with van der Waals surface area (Å²) in [4.78, 5) is 26.4. The fourth-order valence-electron chi connectivity index (χ4n) is 5.54. The lowest BCUT2D eigenvalue weighted by Crippen LogP contribution is -2.39. The second-order valence-corrected chi connectivity index (χ2v) is 9.41. The second-order valence-electron chi connectivity index (χ2n) is 9.41. The van der Waals surface area contributed by atoms with Crippen LogP contribution in [0, 0.1) is 12.3 Å². The lowest BCUT2D eigenvalue weighted by molar-refractivity contribution is 0.0780. The Bertz CT molecular complexity index is 1060. The Morgan fingerprint density at radius 1 is 1.25 bits per heavy atom. The Kier molecular flexibility index (Phi) is 6.75. The van der Waals surface area contributed by atoms with Gasteiger partial charge in [0.15, 0.2) is 0 Å². The lowest BCUT2D eigenvalue weighted by Gasteiger charge is -2.32. The minimum absolute atomic E-state index is 0. The molecule has 0 saturated carbocycles. The maximum absolute atomic E-state index is 13.3. The Morgan fingerprint density at radius 2 is 2.06 bits per heavy atom. The standard InChI is InChI=1S/C25H31N3O3.ClH/c1-17-8-13-28(21-7-3-5-18-4-2-6-20(18)21)24(30)22(17)23(29)27-15-19-14-25(16-31-19)9-11-26-12-10-25;/h3,5,7-8,13,19,26H,2,4,6,9-12,14-16H2,1H3,(H,27,29);1H. The SMILES string of the molecule is Cc1ccn(-c2cccc3c2CCC3)c(=O)c1C(=O)NCC1CC2(CCNCC2)CO1.Cl. The summed E-state index contributed by atoms with van der Waals surface area (Å²) in [6.45, 7) is 5.11. The summed E-state index contributed by atoms with van der Waals surface area (Å²) in [5.41, 5.74) is 4.37. The van der Waals surface area contributed by atoms with Crippen LogP contribution in [0.2, 0.25) is 0 Å². The van der Waals surface area contributed by atoms with Crippen LogP contribution in [0.5, 0.6) is 0 Å². The highest BCUT2D eigenvalue weighted by molar-refractivity contribution is 5.95. The number of fused-ring (bicyclic) bond motifs is 1. The second kappa shape index (κ2) is 9.38. The number of nitrogens with zero attached hydrogens (tertiary/aromatic N) is 1. The van der Waals surface area contributed by atoms with Crippen LogP contribution in [0.25, 0.3) is 5.69 Å². The highest BCUT2D eigenvalue weighted by atomic mass is 35.5. The molecular weight excluding hydrogens is 426 g/mol. The number of ether oxygens (including phenoxy) is 1. The van der Waals surface area contributed by atoms with Crippen molar-refractivity contribution in [2.24, 2.45) is 5.41 Å². The van der Waals surface area contributed by atoms with Crippen LogP contribution >= 0.6 is 12.4 Å². The van der Waals surface area contributed by atoms with Crippen molar-refractivity contribution < 1.29 is 9.53 Å². The van der Waals surface area contributed by atoms with Crippen molar-refractivity contribution in [2.75, 3.05) is 26.2 Å². The summed E-state index contributed by atoms with van der Waals surface area (Å²) < 4.78 is 7.65. The van der Waals surface area contributed by atoms with Crippen LogP contribution < -0.4 is 16.2 Å². The molecule has 1 atom stereocenters. The molecule has 1 aliphatic carbocycles. The van der Waals surface area contributed by atoms with Crippen molar-refractivity contribution in [3.63, 3.8) is 0 Å². The number of amides is 1. The van der Waals surface area contributed by atoms with E-state index in [1.54, 1.807) is 10.8 Å². The number of nitrogens with one attached hydrogen (secondary N) is 2. The molecule has 0 radical (unpaired) electrons. The molecule has 2 aliphatic heterocycles. The zero-order chi connectivity index (χ0) is 21.4. The molecule has 1 spiro atoms. The summed E-state index contributed by atoms with van der Waals surface area (Å²) in [5, 5.41) is 6.39. The minimum atomic E-state index is -0.306. The molecule has 32 heavy (non-hydrogen) atoms. The fourth-order valence-corrected chi connectivity index (χ4v) is 5.54. The first-order valence-corrected chi connectivity index (χ1v) is 11.5. The van der Waals surface area contributed by atoms with Crippen LogP contribution in [-0.4, -0.2) is 42.8 Å². The molecule has 2 saturated heterocycles. The molecule has 5 rings (SSSR count). The zero-order valence-electron chi connectivity index (χ0n) is 18.6. The van der Waals surface area contributed by atoms with E-state index >= 15 is 0 Å². The van der Waals surface area contributed by atoms with Crippen LogP contribution in [0.1, 0.15) is 52.7 Å².